The first kappa shape index (κ1) is 15.7. The topological polar surface area (TPSA) is 13.7 Å². The van der Waals surface area contributed by atoms with E-state index in [-0.39, 0.29) is 17.7 Å². The van der Waals surface area contributed by atoms with Crippen LogP contribution in [0.3, 0.4) is 0 Å². The van der Waals surface area contributed by atoms with E-state index in [9.17, 15) is 8.78 Å². The molecular weight excluding hydrogens is 308 g/mol. The van der Waals surface area contributed by atoms with Gasteiger partial charge in [0.2, 0.25) is 0 Å². The van der Waals surface area contributed by atoms with Crippen molar-refractivity contribution in [3.8, 4) is 0 Å². The average molecular weight is 330 g/mol. The predicted molar refractivity (Wildman–Crippen MR) is 87.7 cm³/mol. The van der Waals surface area contributed by atoms with Crippen LogP contribution in [0.25, 0.3) is 0 Å². The van der Waals surface area contributed by atoms with Gasteiger partial charge in [0, 0.05) is 17.5 Å². The molecule has 2 aliphatic rings. The van der Waals surface area contributed by atoms with Gasteiger partial charge in [-0.05, 0) is 25.0 Å². The zero-order valence-electron chi connectivity index (χ0n) is 13.6. The standard InChI is InChI=1S/C20H21F2NO/c21-17-10-3-1-8-15(17)19-20(16-9-2-4-11-18(16)22)24-13-14-7-5-6-12-23(14)19/h1-4,8-11,14,19-20H,5-7,12-13H2/p+1. The van der Waals surface area contributed by atoms with E-state index in [0.717, 1.165) is 19.4 Å². The van der Waals surface area contributed by atoms with E-state index in [1.54, 1.807) is 18.2 Å². The molecule has 0 aliphatic carbocycles. The van der Waals surface area contributed by atoms with Crippen LogP contribution in [-0.4, -0.2) is 19.2 Å². The molecular formula is C20H22F2NO+. The van der Waals surface area contributed by atoms with Crippen molar-refractivity contribution < 1.29 is 18.4 Å². The van der Waals surface area contributed by atoms with Crippen LogP contribution in [0.4, 0.5) is 8.78 Å². The SMILES string of the molecule is Fc1ccccc1C1OCC2CCCC[NH+]2C1c1ccccc1F. The third-order valence-electron chi connectivity index (χ3n) is 5.42. The molecule has 1 N–H and O–H groups in total. The number of hydrogen-bond donors (Lipinski definition) is 1. The maximum absolute atomic E-state index is 14.6. The number of fused-ring (bicyclic) bond motifs is 1. The Morgan fingerprint density at radius 3 is 2.25 bits per heavy atom. The third kappa shape index (κ3) is 2.74. The van der Waals surface area contributed by atoms with Gasteiger partial charge in [0.1, 0.15) is 29.8 Å². The smallest absolute Gasteiger partial charge is 0.147 e. The van der Waals surface area contributed by atoms with Crippen LogP contribution in [-0.2, 0) is 4.74 Å². The molecule has 4 atom stereocenters. The molecule has 2 aromatic rings. The summed E-state index contributed by atoms with van der Waals surface area (Å²) in [4.78, 5) is 1.34. The van der Waals surface area contributed by atoms with E-state index in [2.05, 4.69) is 0 Å². The summed E-state index contributed by atoms with van der Waals surface area (Å²) in [5.41, 5.74) is 1.16. The van der Waals surface area contributed by atoms with Gasteiger partial charge in [-0.25, -0.2) is 8.78 Å². The summed E-state index contributed by atoms with van der Waals surface area (Å²) >= 11 is 0. The van der Waals surface area contributed by atoms with Crippen LogP contribution in [0.15, 0.2) is 48.5 Å². The van der Waals surface area contributed by atoms with Crippen molar-refractivity contribution in [1.29, 1.82) is 0 Å². The molecule has 2 aromatic carbocycles. The lowest BCUT2D eigenvalue weighted by molar-refractivity contribution is -0.974. The molecule has 0 spiro atoms. The summed E-state index contributed by atoms with van der Waals surface area (Å²) < 4.78 is 35.1. The summed E-state index contributed by atoms with van der Waals surface area (Å²) in [6.07, 6.45) is 2.95. The summed E-state index contributed by atoms with van der Waals surface area (Å²) in [5.74, 6) is -0.509. The number of halogens is 2. The Bertz CT molecular complexity index is 720. The van der Waals surface area contributed by atoms with Crippen LogP contribution in [0.2, 0.25) is 0 Å². The Labute approximate surface area is 141 Å². The molecule has 0 saturated carbocycles. The Morgan fingerprint density at radius 1 is 0.875 bits per heavy atom. The molecule has 0 amide bonds. The maximum Gasteiger partial charge on any atom is 0.147 e. The van der Waals surface area contributed by atoms with Gasteiger partial charge in [0.05, 0.1) is 13.2 Å². The molecule has 0 aromatic heterocycles. The van der Waals surface area contributed by atoms with Gasteiger partial charge in [-0.15, -0.1) is 0 Å². The van der Waals surface area contributed by atoms with Crippen molar-refractivity contribution in [2.75, 3.05) is 13.2 Å². The first-order valence-electron chi connectivity index (χ1n) is 8.72. The molecule has 0 radical (unpaired) electrons. The highest BCUT2D eigenvalue weighted by atomic mass is 19.1. The Hall–Kier alpha value is -1.78. The molecule has 4 rings (SSSR count). The minimum atomic E-state index is -0.451. The highest BCUT2D eigenvalue weighted by Gasteiger charge is 2.46. The van der Waals surface area contributed by atoms with Crippen molar-refractivity contribution in [2.24, 2.45) is 0 Å². The molecule has 4 unspecified atom stereocenters. The lowest BCUT2D eigenvalue weighted by atomic mass is 9.88. The zero-order chi connectivity index (χ0) is 16.5. The van der Waals surface area contributed by atoms with Gasteiger partial charge in [-0.1, -0.05) is 36.4 Å². The largest absolute Gasteiger partial charge is 0.361 e. The van der Waals surface area contributed by atoms with Crippen molar-refractivity contribution in [3.63, 3.8) is 0 Å². The van der Waals surface area contributed by atoms with Crippen LogP contribution in [0, 0.1) is 11.6 Å². The Kier molecular flexibility index (Phi) is 4.33. The van der Waals surface area contributed by atoms with Gasteiger partial charge < -0.3 is 9.64 Å². The van der Waals surface area contributed by atoms with Gasteiger partial charge in [0.15, 0.2) is 0 Å². The van der Waals surface area contributed by atoms with Crippen LogP contribution in [0.5, 0.6) is 0 Å². The van der Waals surface area contributed by atoms with E-state index in [1.807, 2.05) is 18.2 Å². The molecule has 2 saturated heterocycles. The van der Waals surface area contributed by atoms with Crippen molar-refractivity contribution in [1.82, 2.24) is 0 Å². The first-order chi connectivity index (χ1) is 11.8. The average Bonchev–Trinajstić information content (AvgIpc) is 2.62. The number of ether oxygens (including phenoxy) is 1. The summed E-state index contributed by atoms with van der Waals surface area (Å²) in [6, 6.07) is 13.7. The van der Waals surface area contributed by atoms with Crippen LogP contribution in [0.1, 0.15) is 42.5 Å². The van der Waals surface area contributed by atoms with Crippen LogP contribution < -0.4 is 4.90 Å². The number of rotatable bonds is 2. The lowest BCUT2D eigenvalue weighted by Crippen LogP contribution is -3.18. The zero-order valence-corrected chi connectivity index (χ0v) is 13.6. The Balaban J connectivity index is 1.80. The molecule has 2 heterocycles. The second-order valence-corrected chi connectivity index (χ2v) is 6.79. The van der Waals surface area contributed by atoms with E-state index in [4.69, 9.17) is 4.74 Å². The molecule has 126 valence electrons. The molecule has 0 bridgehead atoms. The normalized spacial score (nSPS) is 29.9. The number of nitrogens with one attached hydrogen (secondary N) is 1. The number of piperidine rings is 1. The minimum absolute atomic E-state index is 0.206. The second kappa shape index (κ2) is 6.61. The lowest BCUT2D eigenvalue weighted by Gasteiger charge is -2.45. The van der Waals surface area contributed by atoms with Gasteiger partial charge in [-0.3, -0.25) is 0 Å². The van der Waals surface area contributed by atoms with Crippen LogP contribution >= 0.6 is 0 Å². The van der Waals surface area contributed by atoms with E-state index >= 15 is 0 Å². The molecule has 2 nitrogen and oxygen atoms in total. The van der Waals surface area contributed by atoms with E-state index in [0.29, 0.717) is 23.8 Å². The number of benzene rings is 2. The van der Waals surface area contributed by atoms with Gasteiger partial charge in [0.25, 0.3) is 0 Å². The van der Waals surface area contributed by atoms with E-state index in [1.165, 1.54) is 23.5 Å². The summed E-state index contributed by atoms with van der Waals surface area (Å²) in [6.45, 7) is 1.59. The summed E-state index contributed by atoms with van der Waals surface area (Å²) in [7, 11) is 0. The number of morpholine rings is 1. The predicted octanol–water partition coefficient (Wildman–Crippen LogP) is 3.21. The van der Waals surface area contributed by atoms with Crippen molar-refractivity contribution in [3.05, 3.63) is 71.3 Å². The number of quaternary nitrogens is 1. The maximum atomic E-state index is 14.6. The first-order valence-corrected chi connectivity index (χ1v) is 8.72. The second-order valence-electron chi connectivity index (χ2n) is 6.79. The molecule has 2 aliphatic heterocycles. The molecule has 2 fully saturated rings. The molecule has 4 heteroatoms. The fourth-order valence-electron chi connectivity index (χ4n) is 4.28. The van der Waals surface area contributed by atoms with Gasteiger partial charge in [-0.2, -0.15) is 0 Å². The minimum Gasteiger partial charge on any atom is -0.361 e. The van der Waals surface area contributed by atoms with E-state index < -0.39 is 6.10 Å². The van der Waals surface area contributed by atoms with Gasteiger partial charge >= 0.3 is 0 Å². The summed E-state index contributed by atoms with van der Waals surface area (Å²) in [5, 5.41) is 0. The van der Waals surface area contributed by atoms with Crippen molar-refractivity contribution in [2.45, 2.75) is 37.5 Å². The molecule has 24 heavy (non-hydrogen) atoms. The third-order valence-corrected chi connectivity index (χ3v) is 5.42. The fourth-order valence-corrected chi connectivity index (χ4v) is 4.28. The monoisotopic (exact) mass is 330 g/mol. The number of hydrogen-bond acceptors (Lipinski definition) is 1. The highest BCUT2D eigenvalue weighted by Crippen LogP contribution is 2.36. The Morgan fingerprint density at radius 2 is 1.54 bits per heavy atom. The fraction of sp³-hybridized carbons (Fsp3) is 0.400. The quantitative estimate of drug-likeness (QED) is 0.893. The van der Waals surface area contributed by atoms with Crippen molar-refractivity contribution >= 4 is 0 Å². The highest BCUT2D eigenvalue weighted by molar-refractivity contribution is 5.27.